The van der Waals surface area contributed by atoms with Crippen molar-refractivity contribution < 1.29 is 23.9 Å². The molecule has 7 nitrogen and oxygen atoms in total. The summed E-state index contributed by atoms with van der Waals surface area (Å²) in [6, 6.07) is 2.17. The van der Waals surface area contributed by atoms with E-state index in [1.54, 1.807) is 26.0 Å². The SMILES string of the molecule is Cc1cc(NC(=O)COC(=O)[C@@H](C(C)C)N2C(=O)c3c(Cl)c(Cl)c(Cl)c(Cl)c3C2=O)cc(C)c1Br. The highest BCUT2D eigenvalue weighted by molar-refractivity contribution is 9.10. The molecule has 1 N–H and O–H groups in total. The van der Waals surface area contributed by atoms with Gasteiger partial charge in [0.05, 0.1) is 31.2 Å². The number of fused-ring (bicyclic) bond motifs is 1. The van der Waals surface area contributed by atoms with Crippen molar-refractivity contribution in [2.75, 3.05) is 11.9 Å². The summed E-state index contributed by atoms with van der Waals surface area (Å²) in [5, 5.41) is 1.80. The summed E-state index contributed by atoms with van der Waals surface area (Å²) >= 11 is 27.9. The number of anilines is 1. The molecular formula is C23H19BrCl4N2O5. The van der Waals surface area contributed by atoms with Gasteiger partial charge in [-0.15, -0.1) is 0 Å². The third-order valence-corrected chi connectivity index (χ3v) is 8.40. The monoisotopic (exact) mass is 622 g/mol. The highest BCUT2D eigenvalue weighted by atomic mass is 79.9. The van der Waals surface area contributed by atoms with E-state index in [0.29, 0.717) is 10.6 Å². The van der Waals surface area contributed by atoms with Crippen LogP contribution in [-0.2, 0) is 14.3 Å². The lowest BCUT2D eigenvalue weighted by Gasteiger charge is -2.27. The van der Waals surface area contributed by atoms with E-state index >= 15 is 0 Å². The lowest BCUT2D eigenvalue weighted by Crippen LogP contribution is -2.49. The van der Waals surface area contributed by atoms with E-state index in [9.17, 15) is 19.2 Å². The van der Waals surface area contributed by atoms with Crippen LogP contribution in [0.15, 0.2) is 16.6 Å². The van der Waals surface area contributed by atoms with Gasteiger partial charge in [0, 0.05) is 10.2 Å². The Labute approximate surface area is 230 Å². The van der Waals surface area contributed by atoms with E-state index in [2.05, 4.69) is 21.2 Å². The summed E-state index contributed by atoms with van der Waals surface area (Å²) < 4.78 is 6.10. The van der Waals surface area contributed by atoms with Crippen molar-refractivity contribution in [2.45, 2.75) is 33.7 Å². The van der Waals surface area contributed by atoms with Gasteiger partial charge in [-0.3, -0.25) is 19.3 Å². The molecule has 2 aromatic rings. The zero-order valence-electron chi connectivity index (χ0n) is 18.9. The molecule has 1 aliphatic rings. The minimum Gasteiger partial charge on any atom is -0.454 e. The predicted molar refractivity (Wildman–Crippen MR) is 139 cm³/mol. The molecule has 12 heteroatoms. The van der Waals surface area contributed by atoms with Gasteiger partial charge in [0.15, 0.2) is 6.61 Å². The Morgan fingerprint density at radius 2 is 1.40 bits per heavy atom. The van der Waals surface area contributed by atoms with Crippen LogP contribution in [-0.4, -0.2) is 41.2 Å². The number of nitrogens with one attached hydrogen (secondary N) is 1. The minimum atomic E-state index is -1.35. The molecule has 1 aliphatic heterocycles. The first kappa shape index (κ1) is 27.7. The van der Waals surface area contributed by atoms with E-state index in [-0.39, 0.29) is 31.2 Å². The summed E-state index contributed by atoms with van der Waals surface area (Å²) in [4.78, 5) is 52.3. The van der Waals surface area contributed by atoms with Crippen LogP contribution in [0.3, 0.4) is 0 Å². The van der Waals surface area contributed by atoms with E-state index in [1.807, 2.05) is 13.8 Å². The average molecular weight is 625 g/mol. The number of nitrogens with zero attached hydrogens (tertiary/aromatic N) is 1. The summed E-state index contributed by atoms with van der Waals surface area (Å²) in [6.07, 6.45) is 0. The Morgan fingerprint density at radius 1 is 0.943 bits per heavy atom. The summed E-state index contributed by atoms with van der Waals surface area (Å²) in [7, 11) is 0. The quantitative estimate of drug-likeness (QED) is 0.172. The van der Waals surface area contributed by atoms with Crippen molar-refractivity contribution >= 4 is 91.7 Å². The molecule has 1 heterocycles. The Morgan fingerprint density at radius 3 is 1.83 bits per heavy atom. The van der Waals surface area contributed by atoms with Crippen LogP contribution in [0.25, 0.3) is 0 Å². The number of ether oxygens (including phenoxy) is 1. The highest BCUT2D eigenvalue weighted by Gasteiger charge is 2.48. The second-order valence-corrected chi connectivity index (χ2v) is 10.6. The number of halogens is 5. The molecule has 0 radical (unpaired) electrons. The summed E-state index contributed by atoms with van der Waals surface area (Å²) in [5.41, 5.74) is 1.88. The van der Waals surface area contributed by atoms with Gasteiger partial charge in [-0.05, 0) is 43.0 Å². The Hall–Kier alpha value is -1.84. The van der Waals surface area contributed by atoms with Crippen LogP contribution in [0.1, 0.15) is 45.7 Å². The molecule has 0 saturated heterocycles. The third-order valence-electron chi connectivity index (χ3n) is 5.35. The van der Waals surface area contributed by atoms with Gasteiger partial charge in [0.2, 0.25) is 0 Å². The normalized spacial score (nSPS) is 13.8. The molecule has 186 valence electrons. The van der Waals surface area contributed by atoms with Crippen molar-refractivity contribution in [3.8, 4) is 0 Å². The fourth-order valence-electron chi connectivity index (χ4n) is 3.73. The van der Waals surface area contributed by atoms with Crippen LogP contribution >= 0.6 is 62.3 Å². The molecular weight excluding hydrogens is 606 g/mol. The summed E-state index contributed by atoms with van der Waals surface area (Å²) in [5.74, 6) is -3.83. The maximum absolute atomic E-state index is 13.1. The first-order valence-corrected chi connectivity index (χ1v) is 12.5. The van der Waals surface area contributed by atoms with E-state index in [4.69, 9.17) is 51.1 Å². The van der Waals surface area contributed by atoms with Crippen LogP contribution < -0.4 is 5.32 Å². The Balaban J connectivity index is 1.80. The molecule has 2 aromatic carbocycles. The van der Waals surface area contributed by atoms with Crippen LogP contribution in [0, 0.1) is 19.8 Å². The number of carbonyl (C=O) groups is 4. The van der Waals surface area contributed by atoms with E-state index in [1.165, 1.54) is 0 Å². The van der Waals surface area contributed by atoms with Crippen LogP contribution in [0.5, 0.6) is 0 Å². The number of aryl methyl sites for hydroxylation is 2. The van der Waals surface area contributed by atoms with Gasteiger partial charge < -0.3 is 10.1 Å². The molecule has 0 saturated carbocycles. The number of benzene rings is 2. The number of imide groups is 1. The predicted octanol–water partition coefficient (Wildman–Crippen LogP) is 6.48. The first-order chi connectivity index (χ1) is 16.3. The van der Waals surface area contributed by atoms with Crippen molar-refractivity contribution in [3.05, 3.63) is 58.9 Å². The smallest absolute Gasteiger partial charge is 0.330 e. The lowest BCUT2D eigenvalue weighted by atomic mass is 10.0. The van der Waals surface area contributed by atoms with Crippen molar-refractivity contribution in [2.24, 2.45) is 5.92 Å². The van der Waals surface area contributed by atoms with Crippen molar-refractivity contribution in [1.29, 1.82) is 0 Å². The number of rotatable bonds is 6. The maximum atomic E-state index is 13.1. The van der Waals surface area contributed by atoms with E-state index in [0.717, 1.165) is 15.6 Å². The highest BCUT2D eigenvalue weighted by Crippen LogP contribution is 2.45. The zero-order chi connectivity index (χ0) is 26.4. The van der Waals surface area contributed by atoms with Gasteiger partial charge in [0.1, 0.15) is 6.04 Å². The van der Waals surface area contributed by atoms with Crippen molar-refractivity contribution in [3.63, 3.8) is 0 Å². The molecule has 0 aliphatic carbocycles. The number of hydrogen-bond acceptors (Lipinski definition) is 5. The molecule has 3 rings (SSSR count). The first-order valence-electron chi connectivity index (χ1n) is 10.2. The fourth-order valence-corrected chi connectivity index (χ4v) is 4.98. The zero-order valence-corrected chi connectivity index (χ0v) is 23.5. The third kappa shape index (κ3) is 5.18. The maximum Gasteiger partial charge on any atom is 0.330 e. The molecule has 3 amide bonds. The number of hydrogen-bond donors (Lipinski definition) is 1. The average Bonchev–Trinajstić information content (AvgIpc) is 3.03. The minimum absolute atomic E-state index is 0.182. The molecule has 35 heavy (non-hydrogen) atoms. The largest absolute Gasteiger partial charge is 0.454 e. The van der Waals surface area contributed by atoms with Crippen LogP contribution in [0.4, 0.5) is 5.69 Å². The number of carbonyl (C=O) groups excluding carboxylic acids is 4. The van der Waals surface area contributed by atoms with Crippen molar-refractivity contribution in [1.82, 2.24) is 4.90 Å². The molecule has 1 atom stereocenters. The molecule has 0 aromatic heterocycles. The van der Waals surface area contributed by atoms with Gasteiger partial charge in [-0.1, -0.05) is 76.2 Å². The number of amides is 3. The topological polar surface area (TPSA) is 92.8 Å². The van der Waals surface area contributed by atoms with Gasteiger partial charge in [0.25, 0.3) is 17.7 Å². The standard InChI is InChI=1S/C23H19BrCl4N2O5/c1-8(2)20(23(34)35-7-12(31)29-11-5-9(3)15(24)10(4)6-11)30-21(32)13-14(22(30)33)17(26)19(28)18(27)16(13)25/h5-6,8,20H,7H2,1-4H3,(H,29,31)/t20-/m1/s1. The second kappa shape index (κ2) is 10.6. The molecule has 0 fully saturated rings. The van der Waals surface area contributed by atoms with Gasteiger partial charge in [-0.25, -0.2) is 4.79 Å². The van der Waals surface area contributed by atoms with Crippen LogP contribution in [0.2, 0.25) is 20.1 Å². The molecule has 0 bridgehead atoms. The molecule has 0 spiro atoms. The Kier molecular flexibility index (Phi) is 8.44. The number of esters is 1. The van der Waals surface area contributed by atoms with E-state index < -0.39 is 42.3 Å². The Bertz CT molecular complexity index is 1210. The fraction of sp³-hybridized carbons (Fsp3) is 0.304. The van der Waals surface area contributed by atoms with Gasteiger partial charge >= 0.3 is 5.97 Å². The lowest BCUT2D eigenvalue weighted by molar-refractivity contribution is -0.152. The van der Waals surface area contributed by atoms with Gasteiger partial charge in [-0.2, -0.15) is 0 Å². The molecule has 0 unspecified atom stereocenters. The second-order valence-electron chi connectivity index (χ2n) is 8.26. The summed E-state index contributed by atoms with van der Waals surface area (Å²) in [6.45, 7) is 6.36.